The standard InChI is InChI=1S/C12H23ClO/c1-2-3-4-5-6-7-8-9-10-12(14)11-13/h2-11H2,1H3. The topological polar surface area (TPSA) is 17.1 Å². The summed E-state index contributed by atoms with van der Waals surface area (Å²) in [6, 6.07) is 0. The van der Waals surface area contributed by atoms with Crippen molar-refractivity contribution < 1.29 is 4.79 Å². The maximum Gasteiger partial charge on any atom is 0.147 e. The lowest BCUT2D eigenvalue weighted by Gasteiger charge is -2.00. The molecule has 84 valence electrons. The normalized spacial score (nSPS) is 10.4. The molecule has 0 aromatic carbocycles. The van der Waals surface area contributed by atoms with Crippen molar-refractivity contribution >= 4 is 17.4 Å². The fourth-order valence-corrected chi connectivity index (χ4v) is 1.66. The van der Waals surface area contributed by atoms with E-state index in [1.54, 1.807) is 0 Å². The van der Waals surface area contributed by atoms with Gasteiger partial charge in [0.05, 0.1) is 5.88 Å². The summed E-state index contributed by atoms with van der Waals surface area (Å²) in [6.45, 7) is 2.23. The third kappa shape index (κ3) is 10.0. The molecule has 0 bridgehead atoms. The highest BCUT2D eigenvalue weighted by atomic mass is 35.5. The van der Waals surface area contributed by atoms with E-state index >= 15 is 0 Å². The third-order valence-electron chi connectivity index (χ3n) is 2.46. The van der Waals surface area contributed by atoms with E-state index in [2.05, 4.69) is 6.92 Å². The largest absolute Gasteiger partial charge is 0.298 e. The van der Waals surface area contributed by atoms with E-state index in [1.807, 2.05) is 0 Å². The van der Waals surface area contributed by atoms with Crippen LogP contribution in [0.4, 0.5) is 0 Å². The van der Waals surface area contributed by atoms with E-state index in [0.29, 0.717) is 6.42 Å². The van der Waals surface area contributed by atoms with Crippen molar-refractivity contribution in [3.63, 3.8) is 0 Å². The molecule has 1 nitrogen and oxygen atoms in total. The minimum atomic E-state index is 0.191. The summed E-state index contributed by atoms with van der Waals surface area (Å²) in [5, 5.41) is 0. The fraction of sp³-hybridized carbons (Fsp3) is 0.917. The van der Waals surface area contributed by atoms with Gasteiger partial charge in [0.25, 0.3) is 0 Å². The smallest absolute Gasteiger partial charge is 0.147 e. The Kier molecular flexibility index (Phi) is 11.0. The van der Waals surface area contributed by atoms with Gasteiger partial charge in [0.1, 0.15) is 5.78 Å². The monoisotopic (exact) mass is 218 g/mol. The Morgan fingerprint density at radius 1 is 0.929 bits per heavy atom. The van der Waals surface area contributed by atoms with Gasteiger partial charge in [-0.1, -0.05) is 51.9 Å². The highest BCUT2D eigenvalue weighted by Crippen LogP contribution is 2.09. The molecule has 0 aliphatic heterocycles. The van der Waals surface area contributed by atoms with Crippen molar-refractivity contribution in [2.75, 3.05) is 5.88 Å². The number of carbonyl (C=O) groups is 1. The number of carbonyl (C=O) groups excluding carboxylic acids is 1. The first-order chi connectivity index (χ1) is 6.81. The van der Waals surface area contributed by atoms with Gasteiger partial charge in [0.15, 0.2) is 0 Å². The minimum absolute atomic E-state index is 0.191. The number of Topliss-reactive ketones (excluding diaryl/α,β-unsaturated/α-hetero) is 1. The van der Waals surface area contributed by atoms with E-state index in [4.69, 9.17) is 11.6 Å². The lowest BCUT2D eigenvalue weighted by Crippen LogP contribution is -1.98. The fourth-order valence-electron chi connectivity index (χ4n) is 1.52. The predicted octanol–water partition coefficient (Wildman–Crippen LogP) is 4.33. The minimum Gasteiger partial charge on any atom is -0.298 e. The molecule has 0 unspecified atom stereocenters. The molecule has 14 heavy (non-hydrogen) atoms. The Morgan fingerprint density at radius 3 is 1.93 bits per heavy atom. The van der Waals surface area contributed by atoms with Crippen LogP contribution in [-0.2, 0) is 4.79 Å². The number of hydrogen-bond acceptors (Lipinski definition) is 1. The van der Waals surface area contributed by atoms with Crippen LogP contribution in [0.2, 0.25) is 0 Å². The van der Waals surface area contributed by atoms with Gasteiger partial charge in [-0.3, -0.25) is 4.79 Å². The number of alkyl halides is 1. The molecule has 0 saturated carbocycles. The van der Waals surface area contributed by atoms with Gasteiger partial charge in [0.2, 0.25) is 0 Å². The number of unbranched alkanes of at least 4 members (excludes halogenated alkanes) is 7. The van der Waals surface area contributed by atoms with Gasteiger partial charge < -0.3 is 0 Å². The Bertz CT molecular complexity index is 134. The molecule has 0 fully saturated rings. The van der Waals surface area contributed by atoms with Crippen LogP contribution < -0.4 is 0 Å². The summed E-state index contributed by atoms with van der Waals surface area (Å²) in [5.74, 6) is 0.383. The number of halogens is 1. The first-order valence-electron chi connectivity index (χ1n) is 5.89. The number of hydrogen-bond donors (Lipinski definition) is 0. The highest BCUT2D eigenvalue weighted by Gasteiger charge is 1.98. The Hall–Kier alpha value is -0.0400. The quantitative estimate of drug-likeness (QED) is 0.394. The van der Waals surface area contributed by atoms with Crippen LogP contribution in [0.3, 0.4) is 0 Å². The second-order valence-corrected chi connectivity index (χ2v) is 4.16. The zero-order valence-corrected chi connectivity index (χ0v) is 10.1. The van der Waals surface area contributed by atoms with Crippen molar-refractivity contribution in [2.45, 2.75) is 64.7 Å². The zero-order chi connectivity index (χ0) is 10.6. The van der Waals surface area contributed by atoms with Crippen LogP contribution in [-0.4, -0.2) is 11.7 Å². The van der Waals surface area contributed by atoms with Gasteiger partial charge in [-0.05, 0) is 6.42 Å². The van der Waals surface area contributed by atoms with Gasteiger partial charge in [-0.2, -0.15) is 0 Å². The molecule has 0 aromatic rings. The Labute approximate surface area is 93.2 Å². The molecule has 0 aliphatic rings. The van der Waals surface area contributed by atoms with Gasteiger partial charge in [-0.25, -0.2) is 0 Å². The van der Waals surface area contributed by atoms with Crippen LogP contribution in [0.25, 0.3) is 0 Å². The first kappa shape index (κ1) is 14.0. The molecule has 0 saturated heterocycles. The molecular formula is C12H23ClO. The summed E-state index contributed by atoms with van der Waals surface area (Å²) >= 11 is 5.40. The van der Waals surface area contributed by atoms with Crippen molar-refractivity contribution in [2.24, 2.45) is 0 Å². The molecular weight excluding hydrogens is 196 g/mol. The Morgan fingerprint density at radius 2 is 1.43 bits per heavy atom. The second-order valence-electron chi connectivity index (χ2n) is 3.90. The molecule has 0 radical (unpaired) electrons. The molecule has 2 heteroatoms. The number of ketones is 1. The highest BCUT2D eigenvalue weighted by molar-refractivity contribution is 6.27. The number of rotatable bonds is 10. The van der Waals surface area contributed by atoms with Gasteiger partial charge in [-0.15, -0.1) is 11.6 Å². The maximum atomic E-state index is 10.9. The third-order valence-corrected chi connectivity index (χ3v) is 2.76. The average Bonchev–Trinajstić information content (AvgIpc) is 2.21. The molecule has 0 heterocycles. The van der Waals surface area contributed by atoms with E-state index in [1.165, 1.54) is 44.9 Å². The molecule has 0 amide bonds. The molecule has 0 aromatic heterocycles. The predicted molar refractivity (Wildman–Crippen MR) is 63.0 cm³/mol. The first-order valence-corrected chi connectivity index (χ1v) is 6.42. The van der Waals surface area contributed by atoms with E-state index < -0.39 is 0 Å². The molecule has 0 aliphatic carbocycles. The van der Waals surface area contributed by atoms with E-state index in [9.17, 15) is 4.79 Å². The molecule has 0 rings (SSSR count). The average molecular weight is 219 g/mol. The van der Waals surface area contributed by atoms with Crippen LogP contribution in [0.5, 0.6) is 0 Å². The summed E-state index contributed by atoms with van der Waals surface area (Å²) in [7, 11) is 0. The summed E-state index contributed by atoms with van der Waals surface area (Å²) < 4.78 is 0. The lowest BCUT2D eigenvalue weighted by molar-refractivity contribution is -0.116. The van der Waals surface area contributed by atoms with Crippen LogP contribution >= 0.6 is 11.6 Å². The molecule has 0 atom stereocenters. The summed E-state index contributed by atoms with van der Waals surface area (Å²) in [5.41, 5.74) is 0. The van der Waals surface area contributed by atoms with E-state index in [0.717, 1.165) is 6.42 Å². The van der Waals surface area contributed by atoms with Crippen LogP contribution in [0, 0.1) is 0 Å². The maximum absolute atomic E-state index is 10.9. The van der Waals surface area contributed by atoms with Crippen LogP contribution in [0.15, 0.2) is 0 Å². The lowest BCUT2D eigenvalue weighted by atomic mass is 10.1. The van der Waals surface area contributed by atoms with E-state index in [-0.39, 0.29) is 11.7 Å². The molecule has 0 spiro atoms. The van der Waals surface area contributed by atoms with Crippen molar-refractivity contribution in [3.8, 4) is 0 Å². The van der Waals surface area contributed by atoms with Crippen molar-refractivity contribution in [3.05, 3.63) is 0 Å². The van der Waals surface area contributed by atoms with Gasteiger partial charge in [0, 0.05) is 6.42 Å². The second kappa shape index (κ2) is 11.0. The van der Waals surface area contributed by atoms with Gasteiger partial charge >= 0.3 is 0 Å². The summed E-state index contributed by atoms with van der Waals surface area (Å²) in [4.78, 5) is 10.9. The zero-order valence-electron chi connectivity index (χ0n) is 9.36. The Balaban J connectivity index is 2.95. The van der Waals surface area contributed by atoms with Crippen LogP contribution in [0.1, 0.15) is 64.7 Å². The van der Waals surface area contributed by atoms with Crippen molar-refractivity contribution in [1.29, 1.82) is 0 Å². The molecule has 0 N–H and O–H groups in total. The van der Waals surface area contributed by atoms with Crippen molar-refractivity contribution in [1.82, 2.24) is 0 Å². The summed E-state index contributed by atoms with van der Waals surface area (Å²) in [6.07, 6.45) is 10.9. The SMILES string of the molecule is CCCCCCCCCCC(=O)CCl.